The molecule has 0 spiro atoms. The van der Waals surface area contributed by atoms with Crippen LogP contribution in [0.5, 0.6) is 5.75 Å². The van der Waals surface area contributed by atoms with Crippen molar-refractivity contribution in [1.82, 2.24) is 0 Å². The molecule has 1 rings (SSSR count). The first-order valence-electron chi connectivity index (χ1n) is 4.95. The molecule has 0 bridgehead atoms. The van der Waals surface area contributed by atoms with Gasteiger partial charge in [0.2, 0.25) is 0 Å². The van der Waals surface area contributed by atoms with Crippen LogP contribution in [0.25, 0.3) is 0 Å². The average molecular weight is 208 g/mol. The molecule has 82 valence electrons. The van der Waals surface area contributed by atoms with Crippen LogP contribution in [0.4, 0.5) is 0 Å². The van der Waals surface area contributed by atoms with Gasteiger partial charge in [0.05, 0.1) is 12.2 Å². The number of methoxy groups -OCH3 is 1. The van der Waals surface area contributed by atoms with Crippen molar-refractivity contribution in [2.75, 3.05) is 20.3 Å². The summed E-state index contributed by atoms with van der Waals surface area (Å²) >= 11 is 0. The van der Waals surface area contributed by atoms with Crippen molar-refractivity contribution < 1.29 is 14.3 Å². The van der Waals surface area contributed by atoms with Crippen LogP contribution in [0.1, 0.15) is 22.3 Å². The van der Waals surface area contributed by atoms with E-state index in [9.17, 15) is 4.79 Å². The third-order valence-corrected chi connectivity index (χ3v) is 2.05. The number of hydrogen-bond donors (Lipinski definition) is 0. The summed E-state index contributed by atoms with van der Waals surface area (Å²) < 4.78 is 10.4. The number of hydrogen-bond acceptors (Lipinski definition) is 3. The van der Waals surface area contributed by atoms with E-state index in [1.807, 2.05) is 19.1 Å². The van der Waals surface area contributed by atoms with Crippen molar-refractivity contribution in [3.05, 3.63) is 29.3 Å². The summed E-state index contributed by atoms with van der Waals surface area (Å²) in [7, 11) is 1.66. The van der Waals surface area contributed by atoms with Gasteiger partial charge in [-0.3, -0.25) is 4.79 Å². The molecule has 3 heteroatoms. The molecule has 15 heavy (non-hydrogen) atoms. The Hall–Kier alpha value is -1.35. The zero-order chi connectivity index (χ0) is 11.1. The molecule has 0 saturated carbocycles. The number of rotatable bonds is 6. The van der Waals surface area contributed by atoms with Crippen LogP contribution in [-0.2, 0) is 4.74 Å². The first-order chi connectivity index (χ1) is 7.27. The highest BCUT2D eigenvalue weighted by Gasteiger charge is 2.02. The Labute approximate surface area is 90.0 Å². The third kappa shape index (κ3) is 3.72. The molecule has 0 unspecified atom stereocenters. The SMILES string of the molecule is COCCCOc1cc(C)ccc1C=O. The van der Waals surface area contributed by atoms with Gasteiger partial charge in [-0.15, -0.1) is 0 Å². The molecule has 0 amide bonds. The molecule has 0 atom stereocenters. The second-order valence-corrected chi connectivity index (χ2v) is 3.35. The number of aryl methyl sites for hydroxylation is 1. The Bertz CT molecular complexity index is 321. The number of carbonyl (C=O) groups is 1. The molecule has 0 fully saturated rings. The molecule has 0 aliphatic heterocycles. The van der Waals surface area contributed by atoms with Gasteiger partial charge in [-0.05, 0) is 24.6 Å². The lowest BCUT2D eigenvalue weighted by Gasteiger charge is -2.08. The molecule has 0 heterocycles. The number of aldehydes is 1. The summed E-state index contributed by atoms with van der Waals surface area (Å²) in [6, 6.07) is 5.54. The fraction of sp³-hybridized carbons (Fsp3) is 0.417. The zero-order valence-electron chi connectivity index (χ0n) is 9.16. The maximum absolute atomic E-state index is 10.7. The first-order valence-corrected chi connectivity index (χ1v) is 4.95. The van der Waals surface area contributed by atoms with E-state index < -0.39 is 0 Å². The zero-order valence-corrected chi connectivity index (χ0v) is 9.16. The van der Waals surface area contributed by atoms with Crippen molar-refractivity contribution in [2.45, 2.75) is 13.3 Å². The molecule has 1 aromatic rings. The van der Waals surface area contributed by atoms with E-state index in [4.69, 9.17) is 9.47 Å². The van der Waals surface area contributed by atoms with Crippen LogP contribution < -0.4 is 4.74 Å². The summed E-state index contributed by atoms with van der Waals surface area (Å²) in [5.41, 5.74) is 1.68. The molecular weight excluding hydrogens is 192 g/mol. The predicted octanol–water partition coefficient (Wildman–Crippen LogP) is 2.22. The second-order valence-electron chi connectivity index (χ2n) is 3.35. The summed E-state index contributed by atoms with van der Waals surface area (Å²) in [6.45, 7) is 3.21. The highest BCUT2D eigenvalue weighted by atomic mass is 16.5. The maximum Gasteiger partial charge on any atom is 0.153 e. The lowest BCUT2D eigenvalue weighted by atomic mass is 10.1. The summed E-state index contributed by atoms with van der Waals surface area (Å²) in [6.07, 6.45) is 1.63. The van der Waals surface area contributed by atoms with E-state index in [0.717, 1.165) is 18.3 Å². The van der Waals surface area contributed by atoms with Crippen molar-refractivity contribution in [2.24, 2.45) is 0 Å². The van der Waals surface area contributed by atoms with Crippen LogP contribution in [0.15, 0.2) is 18.2 Å². The molecule has 0 aliphatic carbocycles. The van der Waals surface area contributed by atoms with Crippen molar-refractivity contribution in [3.8, 4) is 5.75 Å². The molecule has 1 aromatic carbocycles. The van der Waals surface area contributed by atoms with Crippen molar-refractivity contribution in [3.63, 3.8) is 0 Å². The molecule has 0 radical (unpaired) electrons. The van der Waals surface area contributed by atoms with Gasteiger partial charge in [0, 0.05) is 20.1 Å². The van der Waals surface area contributed by atoms with Crippen LogP contribution in [-0.4, -0.2) is 26.6 Å². The number of carbonyl (C=O) groups excluding carboxylic acids is 1. The number of ether oxygens (including phenoxy) is 2. The van der Waals surface area contributed by atoms with Gasteiger partial charge in [0.25, 0.3) is 0 Å². The lowest BCUT2D eigenvalue weighted by molar-refractivity contribution is 0.111. The van der Waals surface area contributed by atoms with E-state index >= 15 is 0 Å². The van der Waals surface area contributed by atoms with Crippen LogP contribution in [0.3, 0.4) is 0 Å². The predicted molar refractivity (Wildman–Crippen MR) is 58.6 cm³/mol. The second kappa shape index (κ2) is 6.19. The van der Waals surface area contributed by atoms with Crippen molar-refractivity contribution >= 4 is 6.29 Å². The standard InChI is InChI=1S/C12H16O3/c1-10-4-5-11(9-13)12(8-10)15-7-3-6-14-2/h4-5,8-9H,3,6-7H2,1-2H3. The number of benzene rings is 1. The minimum absolute atomic E-state index is 0.568. The van der Waals surface area contributed by atoms with Gasteiger partial charge in [-0.2, -0.15) is 0 Å². The van der Waals surface area contributed by atoms with E-state index in [1.165, 1.54) is 0 Å². The van der Waals surface area contributed by atoms with Gasteiger partial charge in [-0.1, -0.05) is 6.07 Å². The molecule has 0 aliphatic rings. The van der Waals surface area contributed by atoms with Crippen LogP contribution in [0.2, 0.25) is 0 Å². The molecule has 0 saturated heterocycles. The quantitative estimate of drug-likeness (QED) is 0.531. The Morgan fingerprint density at radius 3 is 2.80 bits per heavy atom. The van der Waals surface area contributed by atoms with E-state index in [-0.39, 0.29) is 0 Å². The van der Waals surface area contributed by atoms with Crippen LogP contribution >= 0.6 is 0 Å². The fourth-order valence-electron chi connectivity index (χ4n) is 1.25. The normalized spacial score (nSPS) is 10.0. The minimum atomic E-state index is 0.568. The van der Waals surface area contributed by atoms with E-state index in [0.29, 0.717) is 24.5 Å². The van der Waals surface area contributed by atoms with Gasteiger partial charge < -0.3 is 9.47 Å². The van der Waals surface area contributed by atoms with E-state index in [1.54, 1.807) is 13.2 Å². The lowest BCUT2D eigenvalue weighted by Crippen LogP contribution is -2.03. The monoisotopic (exact) mass is 208 g/mol. The summed E-state index contributed by atoms with van der Waals surface area (Å²) in [5, 5.41) is 0. The minimum Gasteiger partial charge on any atom is -0.493 e. The van der Waals surface area contributed by atoms with Gasteiger partial charge >= 0.3 is 0 Å². The third-order valence-electron chi connectivity index (χ3n) is 2.05. The highest BCUT2D eigenvalue weighted by Crippen LogP contribution is 2.18. The Kier molecular flexibility index (Phi) is 4.84. The average Bonchev–Trinajstić information content (AvgIpc) is 2.25. The van der Waals surface area contributed by atoms with Crippen LogP contribution in [0, 0.1) is 6.92 Å². The maximum atomic E-state index is 10.7. The Balaban J connectivity index is 2.58. The molecule has 0 N–H and O–H groups in total. The van der Waals surface area contributed by atoms with Crippen molar-refractivity contribution in [1.29, 1.82) is 0 Å². The topological polar surface area (TPSA) is 35.5 Å². The van der Waals surface area contributed by atoms with E-state index in [2.05, 4.69) is 0 Å². The summed E-state index contributed by atoms with van der Waals surface area (Å²) in [4.78, 5) is 10.7. The first kappa shape index (κ1) is 11.7. The smallest absolute Gasteiger partial charge is 0.153 e. The Morgan fingerprint density at radius 2 is 2.13 bits per heavy atom. The largest absolute Gasteiger partial charge is 0.493 e. The highest BCUT2D eigenvalue weighted by molar-refractivity contribution is 5.79. The molecule has 3 nitrogen and oxygen atoms in total. The van der Waals surface area contributed by atoms with Gasteiger partial charge in [0.15, 0.2) is 6.29 Å². The molecular formula is C12H16O3. The van der Waals surface area contributed by atoms with Gasteiger partial charge in [0.1, 0.15) is 5.75 Å². The van der Waals surface area contributed by atoms with Gasteiger partial charge in [-0.25, -0.2) is 0 Å². The fourth-order valence-corrected chi connectivity index (χ4v) is 1.25. The summed E-state index contributed by atoms with van der Waals surface area (Å²) in [5.74, 6) is 0.654. The Morgan fingerprint density at radius 1 is 1.33 bits per heavy atom. The molecule has 0 aromatic heterocycles.